The van der Waals surface area contributed by atoms with Crippen molar-refractivity contribution in [1.29, 1.82) is 0 Å². The number of ether oxygens (including phenoxy) is 2. The van der Waals surface area contributed by atoms with Crippen molar-refractivity contribution >= 4 is 35.2 Å². The molecule has 0 saturated carbocycles. The maximum Gasteiger partial charge on any atom is 0.233 e. The number of carbonyl (C=O) groups excluding carboxylic acids is 2. The fourth-order valence-electron chi connectivity index (χ4n) is 3.94. The van der Waals surface area contributed by atoms with Crippen LogP contribution < -0.4 is 15.2 Å². The summed E-state index contributed by atoms with van der Waals surface area (Å²) in [6.07, 6.45) is 1.47. The molecule has 9 nitrogen and oxygen atoms in total. The molecule has 1 fully saturated rings. The highest BCUT2D eigenvalue weighted by molar-refractivity contribution is 7.99. The van der Waals surface area contributed by atoms with Crippen LogP contribution in [0.4, 0.5) is 0 Å². The van der Waals surface area contributed by atoms with Crippen LogP contribution in [0.15, 0.2) is 47.6 Å². The van der Waals surface area contributed by atoms with Crippen LogP contribution >= 0.6 is 23.4 Å². The van der Waals surface area contributed by atoms with Gasteiger partial charge < -0.3 is 20.1 Å². The first kappa shape index (κ1) is 25.8. The topological polar surface area (TPSA) is 113 Å². The highest BCUT2D eigenvalue weighted by atomic mass is 35.5. The second-order valence-electron chi connectivity index (χ2n) is 8.50. The Morgan fingerprint density at radius 2 is 1.92 bits per heavy atom. The summed E-state index contributed by atoms with van der Waals surface area (Å²) < 4.78 is 13.0. The van der Waals surface area contributed by atoms with Crippen molar-refractivity contribution in [3.8, 4) is 17.2 Å². The fourth-order valence-corrected chi connectivity index (χ4v) is 4.99. The number of piperidine rings is 1. The number of aryl methyl sites for hydroxylation is 1. The van der Waals surface area contributed by atoms with Gasteiger partial charge in [0.05, 0.1) is 24.5 Å². The smallest absolute Gasteiger partial charge is 0.233 e. The predicted molar refractivity (Wildman–Crippen MR) is 138 cm³/mol. The third-order valence-electron chi connectivity index (χ3n) is 6.04. The number of likely N-dealkylation sites (tertiary alicyclic amines) is 1. The van der Waals surface area contributed by atoms with Gasteiger partial charge in [-0.25, -0.2) is 0 Å². The summed E-state index contributed by atoms with van der Waals surface area (Å²) in [5.74, 6) is 1.38. The van der Waals surface area contributed by atoms with Crippen LogP contribution in [0.1, 0.15) is 24.2 Å². The summed E-state index contributed by atoms with van der Waals surface area (Å²) in [6.45, 7) is 3.06. The van der Waals surface area contributed by atoms with Crippen LogP contribution in [0, 0.1) is 12.8 Å². The number of rotatable bonds is 9. The van der Waals surface area contributed by atoms with Crippen molar-refractivity contribution in [3.05, 3.63) is 58.9 Å². The molecule has 0 bridgehead atoms. The number of nitrogens with two attached hydrogens (primary N) is 1. The minimum absolute atomic E-state index is 0.0709. The standard InChI is InChI=1S/C25H28ClN5O4S/c1-16-5-6-18(12-21(16)26)31-22(14-35-20-9-7-19(34-2)8-10-20)28-29-25(31)36-15-23(32)30-11-3-4-17(13-30)24(27)33/h5-10,12,17H,3-4,11,13-15H2,1-2H3,(H2,27,33)/t17-/m0/s1. The summed E-state index contributed by atoms with van der Waals surface area (Å²) in [7, 11) is 1.61. The number of aromatic nitrogens is 3. The molecular formula is C25H28ClN5O4S. The Hall–Kier alpha value is -3.24. The minimum atomic E-state index is -0.363. The zero-order valence-electron chi connectivity index (χ0n) is 20.1. The molecule has 0 aliphatic carbocycles. The van der Waals surface area contributed by atoms with Gasteiger partial charge in [0.15, 0.2) is 11.0 Å². The second kappa shape index (κ2) is 11.7. The van der Waals surface area contributed by atoms with Crippen LogP contribution in [0.3, 0.4) is 0 Å². The molecule has 2 N–H and O–H groups in total. The molecule has 0 spiro atoms. The molecule has 2 aromatic carbocycles. The van der Waals surface area contributed by atoms with Crippen molar-refractivity contribution in [1.82, 2.24) is 19.7 Å². The van der Waals surface area contributed by atoms with Gasteiger partial charge in [0, 0.05) is 18.1 Å². The summed E-state index contributed by atoms with van der Waals surface area (Å²) in [4.78, 5) is 26.2. The Bertz CT molecular complexity index is 1230. The molecule has 1 aliphatic rings. The van der Waals surface area contributed by atoms with E-state index in [1.54, 1.807) is 12.0 Å². The van der Waals surface area contributed by atoms with Crippen molar-refractivity contribution in [2.45, 2.75) is 31.5 Å². The summed E-state index contributed by atoms with van der Waals surface area (Å²) in [5.41, 5.74) is 7.17. The van der Waals surface area contributed by atoms with E-state index < -0.39 is 0 Å². The maximum absolute atomic E-state index is 12.9. The summed E-state index contributed by atoms with van der Waals surface area (Å²) in [6, 6.07) is 12.9. The van der Waals surface area contributed by atoms with Crippen molar-refractivity contribution in [2.24, 2.45) is 11.7 Å². The number of primary amides is 1. The van der Waals surface area contributed by atoms with Gasteiger partial charge in [-0.3, -0.25) is 14.2 Å². The number of benzene rings is 2. The molecular weight excluding hydrogens is 502 g/mol. The average molecular weight is 530 g/mol. The molecule has 1 aromatic heterocycles. The lowest BCUT2D eigenvalue weighted by Crippen LogP contribution is -2.44. The average Bonchev–Trinajstić information content (AvgIpc) is 3.30. The Morgan fingerprint density at radius 1 is 1.17 bits per heavy atom. The monoisotopic (exact) mass is 529 g/mol. The maximum atomic E-state index is 12.9. The number of carbonyl (C=O) groups is 2. The lowest BCUT2D eigenvalue weighted by molar-refractivity contribution is -0.132. The number of methoxy groups -OCH3 is 1. The molecule has 1 saturated heterocycles. The van der Waals surface area contributed by atoms with Crippen LogP contribution in [-0.2, 0) is 16.2 Å². The molecule has 1 aliphatic heterocycles. The molecule has 11 heteroatoms. The van der Waals surface area contributed by atoms with E-state index in [0.29, 0.717) is 41.3 Å². The first-order chi connectivity index (χ1) is 17.4. The number of nitrogens with zero attached hydrogens (tertiary/aromatic N) is 4. The second-order valence-corrected chi connectivity index (χ2v) is 9.85. The molecule has 36 heavy (non-hydrogen) atoms. The highest BCUT2D eigenvalue weighted by Gasteiger charge is 2.27. The highest BCUT2D eigenvalue weighted by Crippen LogP contribution is 2.27. The number of amides is 2. The molecule has 2 heterocycles. The van der Waals surface area contributed by atoms with E-state index in [9.17, 15) is 9.59 Å². The molecule has 190 valence electrons. The first-order valence-corrected chi connectivity index (χ1v) is 12.9. The van der Waals surface area contributed by atoms with E-state index >= 15 is 0 Å². The quantitative estimate of drug-likeness (QED) is 0.421. The summed E-state index contributed by atoms with van der Waals surface area (Å²) in [5, 5.41) is 9.82. The molecule has 0 radical (unpaired) electrons. The fraction of sp³-hybridized carbons (Fsp3) is 0.360. The van der Waals surface area contributed by atoms with Gasteiger partial charge in [0.25, 0.3) is 0 Å². The number of hydrogen-bond donors (Lipinski definition) is 1. The summed E-state index contributed by atoms with van der Waals surface area (Å²) >= 11 is 7.68. The molecule has 0 unspecified atom stereocenters. The Labute approximate surface area is 218 Å². The van der Waals surface area contributed by atoms with Crippen LogP contribution in [0.5, 0.6) is 11.5 Å². The molecule has 1 atom stereocenters. The van der Waals surface area contributed by atoms with Gasteiger partial charge in [0.2, 0.25) is 11.8 Å². The normalized spacial score (nSPS) is 15.5. The van der Waals surface area contributed by atoms with E-state index in [2.05, 4.69) is 10.2 Å². The van der Waals surface area contributed by atoms with Crippen LogP contribution in [0.2, 0.25) is 5.02 Å². The third kappa shape index (κ3) is 6.11. The van der Waals surface area contributed by atoms with Crippen molar-refractivity contribution in [3.63, 3.8) is 0 Å². The number of hydrogen-bond acceptors (Lipinski definition) is 7. The predicted octanol–water partition coefficient (Wildman–Crippen LogP) is 3.63. The lowest BCUT2D eigenvalue weighted by Gasteiger charge is -2.31. The van der Waals surface area contributed by atoms with Gasteiger partial charge in [-0.15, -0.1) is 10.2 Å². The van der Waals surface area contributed by atoms with E-state index in [1.807, 2.05) is 54.0 Å². The molecule has 3 aromatic rings. The van der Waals surface area contributed by atoms with Gasteiger partial charge in [-0.2, -0.15) is 0 Å². The van der Waals surface area contributed by atoms with Gasteiger partial charge >= 0.3 is 0 Å². The SMILES string of the molecule is COc1ccc(OCc2nnc(SCC(=O)N3CCC[C@H](C(N)=O)C3)n2-c2ccc(C)c(Cl)c2)cc1. The van der Waals surface area contributed by atoms with E-state index in [4.69, 9.17) is 26.8 Å². The van der Waals surface area contributed by atoms with Crippen molar-refractivity contribution in [2.75, 3.05) is 26.0 Å². The first-order valence-electron chi connectivity index (χ1n) is 11.5. The lowest BCUT2D eigenvalue weighted by atomic mass is 9.97. The van der Waals surface area contributed by atoms with Crippen molar-refractivity contribution < 1.29 is 19.1 Å². The number of thioether (sulfide) groups is 1. The molecule has 4 rings (SSSR count). The zero-order chi connectivity index (χ0) is 25.7. The Balaban J connectivity index is 1.52. The van der Waals surface area contributed by atoms with E-state index in [-0.39, 0.29) is 30.1 Å². The zero-order valence-corrected chi connectivity index (χ0v) is 21.7. The third-order valence-corrected chi connectivity index (χ3v) is 7.36. The van der Waals surface area contributed by atoms with Gasteiger partial charge in [0.1, 0.15) is 18.1 Å². The molecule has 2 amide bonds. The Kier molecular flexibility index (Phi) is 8.37. The van der Waals surface area contributed by atoms with Crippen LogP contribution in [0.25, 0.3) is 5.69 Å². The number of halogens is 1. The van der Waals surface area contributed by atoms with E-state index in [0.717, 1.165) is 23.4 Å². The van der Waals surface area contributed by atoms with Gasteiger partial charge in [-0.1, -0.05) is 29.4 Å². The minimum Gasteiger partial charge on any atom is -0.497 e. The largest absolute Gasteiger partial charge is 0.497 e. The van der Waals surface area contributed by atoms with Crippen LogP contribution in [-0.4, -0.2) is 57.4 Å². The van der Waals surface area contributed by atoms with Gasteiger partial charge in [-0.05, 0) is 61.7 Å². The Morgan fingerprint density at radius 3 is 2.61 bits per heavy atom. The van der Waals surface area contributed by atoms with E-state index in [1.165, 1.54) is 11.8 Å².